The van der Waals surface area contributed by atoms with E-state index < -0.39 is 21.3 Å². The first-order chi connectivity index (χ1) is 5.30. The van der Waals surface area contributed by atoms with Crippen molar-refractivity contribution in [3.8, 4) is 0 Å². The predicted octanol–water partition coefficient (Wildman–Crippen LogP) is -1.10. The Balaban J connectivity index is 4.95. The van der Waals surface area contributed by atoms with E-state index >= 15 is 0 Å². The summed E-state index contributed by atoms with van der Waals surface area (Å²) in [5, 5.41) is 0.723. The summed E-state index contributed by atoms with van der Waals surface area (Å²) in [6, 6.07) is 0. The molecule has 0 aliphatic heterocycles. The van der Waals surface area contributed by atoms with Crippen molar-refractivity contribution in [3.05, 3.63) is 0 Å². The third-order valence-electron chi connectivity index (χ3n) is 1.08. The normalized spacial score (nSPS) is 13.2. The molecule has 0 aromatic rings. The lowest BCUT2D eigenvalue weighted by Gasteiger charge is -2.19. The largest absolute Gasteiger partial charge is 0.401 e. The van der Waals surface area contributed by atoms with Gasteiger partial charge in [0.05, 0.1) is 0 Å². The number of halogens is 1. The Kier molecular flexibility index (Phi) is 4.03. The Morgan fingerprint density at radius 3 is 1.92 bits per heavy atom. The van der Waals surface area contributed by atoms with Crippen LogP contribution in [0.15, 0.2) is 0 Å². The van der Waals surface area contributed by atoms with Crippen LogP contribution < -0.4 is 0 Å². The minimum Gasteiger partial charge on any atom is -0.215 e. The Labute approximate surface area is 72.0 Å². The molecule has 0 amide bonds. The molecule has 0 aliphatic carbocycles. The number of hydrazine groups is 1. The van der Waals surface area contributed by atoms with Gasteiger partial charge in [-0.05, 0) is 0 Å². The quantitative estimate of drug-likeness (QED) is 0.369. The summed E-state index contributed by atoms with van der Waals surface area (Å²) in [5.74, 6) is 0. The Bertz CT molecular complexity index is 302. The minimum atomic E-state index is -5.21. The molecule has 0 N–H and O–H groups in total. The Morgan fingerprint density at radius 2 is 1.83 bits per heavy atom. The van der Waals surface area contributed by atoms with E-state index in [9.17, 15) is 20.7 Å². The van der Waals surface area contributed by atoms with Crippen LogP contribution in [0.4, 0.5) is 3.89 Å². The molecule has 0 bridgehead atoms. The molecular formula is C3H9FN2O4S2. The first-order valence-electron chi connectivity index (χ1n) is 2.91. The first kappa shape index (κ1) is 11.8. The summed E-state index contributed by atoms with van der Waals surface area (Å²) in [4.78, 5) is 0. The van der Waals surface area contributed by atoms with Gasteiger partial charge in [0, 0.05) is 17.4 Å². The van der Waals surface area contributed by atoms with E-state index in [4.69, 9.17) is 0 Å². The SMILES string of the molecule is CCN(C)N([SH](=O)=O)S(=O)(=O)F. The number of rotatable bonds is 4. The lowest BCUT2D eigenvalue weighted by atomic mass is 10.8. The molecule has 0 saturated carbocycles. The zero-order chi connectivity index (χ0) is 9.94. The number of hydrogen-bond donors (Lipinski definition) is 1. The molecule has 0 aromatic heterocycles. The molecule has 74 valence electrons. The Morgan fingerprint density at radius 1 is 1.42 bits per heavy atom. The summed E-state index contributed by atoms with van der Waals surface area (Å²) < 4.78 is 52.8. The molecule has 0 atom stereocenters. The summed E-state index contributed by atoms with van der Waals surface area (Å²) >= 11 is 0. The van der Waals surface area contributed by atoms with E-state index in [1.807, 2.05) is 0 Å². The van der Waals surface area contributed by atoms with Crippen molar-refractivity contribution >= 4 is 21.3 Å². The summed E-state index contributed by atoms with van der Waals surface area (Å²) in [6.45, 7) is 1.55. The van der Waals surface area contributed by atoms with Crippen molar-refractivity contribution in [1.82, 2.24) is 8.83 Å². The molecule has 0 aromatic carbocycles. The highest BCUT2D eigenvalue weighted by Crippen LogP contribution is 2.05. The van der Waals surface area contributed by atoms with Crippen molar-refractivity contribution < 1.29 is 20.7 Å². The molecule has 0 saturated heterocycles. The molecule has 0 fully saturated rings. The van der Waals surface area contributed by atoms with Gasteiger partial charge in [0.25, 0.3) is 0 Å². The molecule has 6 nitrogen and oxygen atoms in total. The molecular weight excluding hydrogens is 211 g/mol. The average Bonchev–Trinajstić information content (AvgIpc) is 1.83. The second-order valence-corrected chi connectivity index (χ2v) is 4.17. The maximum Gasteiger partial charge on any atom is 0.401 e. The molecule has 12 heavy (non-hydrogen) atoms. The highest BCUT2D eigenvalue weighted by atomic mass is 32.3. The molecule has 0 radical (unpaired) electrons. The van der Waals surface area contributed by atoms with Gasteiger partial charge >= 0.3 is 10.4 Å². The number of thiol groups is 1. The predicted molar refractivity (Wildman–Crippen MR) is 40.5 cm³/mol. The van der Waals surface area contributed by atoms with E-state index in [2.05, 4.69) is 0 Å². The molecule has 0 aliphatic rings. The topological polar surface area (TPSA) is 74.8 Å². The Hall–Kier alpha value is -0.250. The second kappa shape index (κ2) is 4.12. The highest BCUT2D eigenvalue weighted by molar-refractivity contribution is 7.93. The van der Waals surface area contributed by atoms with Crippen LogP contribution in [0.2, 0.25) is 0 Å². The van der Waals surface area contributed by atoms with Crippen LogP contribution >= 0.6 is 0 Å². The zero-order valence-corrected chi connectivity index (χ0v) is 8.18. The van der Waals surface area contributed by atoms with Crippen LogP contribution in [0.1, 0.15) is 6.92 Å². The van der Waals surface area contributed by atoms with Crippen molar-refractivity contribution in [2.45, 2.75) is 6.92 Å². The van der Waals surface area contributed by atoms with Crippen LogP contribution in [-0.2, 0) is 21.3 Å². The maximum absolute atomic E-state index is 12.2. The van der Waals surface area contributed by atoms with E-state index in [1.54, 1.807) is 0 Å². The minimum absolute atomic E-state index is 0.0620. The summed E-state index contributed by atoms with van der Waals surface area (Å²) in [7, 11) is -7.57. The standard InChI is InChI=1S/C3H9FN2O4S2/c1-3-5(2)6(11(7)8)12(4,9)10/h11H,3H2,1-2H3. The van der Waals surface area contributed by atoms with Gasteiger partial charge in [-0.3, -0.25) is 0 Å². The highest BCUT2D eigenvalue weighted by Gasteiger charge is 2.27. The van der Waals surface area contributed by atoms with E-state index in [1.165, 1.54) is 6.92 Å². The molecule has 0 spiro atoms. The first-order valence-corrected chi connectivity index (χ1v) is 5.38. The van der Waals surface area contributed by atoms with Gasteiger partial charge in [0.2, 0.25) is 10.9 Å². The summed E-state index contributed by atoms with van der Waals surface area (Å²) in [6.07, 6.45) is 0. The van der Waals surface area contributed by atoms with Gasteiger partial charge in [-0.2, -0.15) is 8.42 Å². The lowest BCUT2D eigenvalue weighted by molar-refractivity contribution is 0.184. The van der Waals surface area contributed by atoms with E-state index in [-0.39, 0.29) is 10.4 Å². The molecule has 0 unspecified atom stereocenters. The van der Waals surface area contributed by atoms with Crippen LogP contribution in [-0.4, -0.2) is 39.3 Å². The van der Waals surface area contributed by atoms with Crippen LogP contribution in [0, 0.1) is 0 Å². The van der Waals surface area contributed by atoms with Crippen molar-refractivity contribution in [2.75, 3.05) is 13.6 Å². The van der Waals surface area contributed by atoms with E-state index in [0.29, 0.717) is 0 Å². The maximum atomic E-state index is 12.2. The fraction of sp³-hybridized carbons (Fsp3) is 1.00. The molecule has 0 heterocycles. The van der Waals surface area contributed by atoms with Crippen LogP contribution in [0.3, 0.4) is 0 Å². The van der Waals surface area contributed by atoms with Crippen molar-refractivity contribution in [2.24, 2.45) is 0 Å². The average molecular weight is 220 g/mol. The van der Waals surface area contributed by atoms with Gasteiger partial charge in [0.1, 0.15) is 0 Å². The fourth-order valence-electron chi connectivity index (χ4n) is 0.492. The van der Waals surface area contributed by atoms with Crippen LogP contribution in [0.25, 0.3) is 0 Å². The smallest absolute Gasteiger partial charge is 0.215 e. The van der Waals surface area contributed by atoms with Gasteiger partial charge in [0.15, 0.2) is 0 Å². The van der Waals surface area contributed by atoms with Gasteiger partial charge < -0.3 is 0 Å². The monoisotopic (exact) mass is 220 g/mol. The van der Waals surface area contributed by atoms with Crippen molar-refractivity contribution in [3.63, 3.8) is 0 Å². The zero-order valence-electron chi connectivity index (χ0n) is 6.47. The third kappa shape index (κ3) is 3.01. The second-order valence-electron chi connectivity index (χ2n) is 1.88. The lowest BCUT2D eigenvalue weighted by Crippen LogP contribution is -2.40. The number of hydrogen-bond acceptors (Lipinski definition) is 5. The summed E-state index contributed by atoms with van der Waals surface area (Å²) in [5.41, 5.74) is 0. The van der Waals surface area contributed by atoms with Gasteiger partial charge in [-0.1, -0.05) is 10.8 Å². The van der Waals surface area contributed by atoms with Crippen LogP contribution in [0.5, 0.6) is 0 Å². The fourth-order valence-corrected chi connectivity index (χ4v) is 1.95. The van der Waals surface area contributed by atoms with E-state index in [0.717, 1.165) is 12.1 Å². The van der Waals surface area contributed by atoms with Gasteiger partial charge in [-0.15, -0.1) is 0 Å². The van der Waals surface area contributed by atoms with Crippen molar-refractivity contribution in [1.29, 1.82) is 0 Å². The molecule has 0 rings (SSSR count). The van der Waals surface area contributed by atoms with Gasteiger partial charge in [-0.25, -0.2) is 13.4 Å². The third-order valence-corrected chi connectivity index (χ3v) is 3.32. The number of nitrogens with zero attached hydrogens (tertiary/aromatic N) is 2. The molecule has 9 heteroatoms.